The summed E-state index contributed by atoms with van der Waals surface area (Å²) < 4.78 is 34.6. The fourth-order valence-corrected chi connectivity index (χ4v) is 6.52. The smallest absolute Gasteiger partial charge is 0.312 e. The molecule has 2 aliphatic heterocycles. The van der Waals surface area contributed by atoms with E-state index in [-0.39, 0.29) is 62.4 Å². The molecular weight excluding hydrogens is 608 g/mol. The van der Waals surface area contributed by atoms with Crippen molar-refractivity contribution in [2.45, 2.75) is 63.5 Å². The summed E-state index contributed by atoms with van der Waals surface area (Å²) in [7, 11) is 0. The maximum atomic E-state index is 14.1. The maximum Gasteiger partial charge on any atom is 0.312 e. The van der Waals surface area contributed by atoms with Crippen molar-refractivity contribution in [2.24, 2.45) is 5.92 Å². The van der Waals surface area contributed by atoms with E-state index in [1.807, 2.05) is 0 Å². The molecule has 6 rings (SSSR count). The number of benzene rings is 2. The molecule has 2 bridgehead atoms. The molecule has 1 aromatic heterocycles. The van der Waals surface area contributed by atoms with Crippen LogP contribution in [0, 0.1) is 11.7 Å². The zero-order valence-electron chi connectivity index (χ0n) is 24.4. The molecule has 3 atom stereocenters. The first-order valence-electron chi connectivity index (χ1n) is 14.9. The molecule has 0 unspecified atom stereocenters. The number of hydrogen-bond donors (Lipinski definition) is 2. The molecule has 13 heteroatoms. The van der Waals surface area contributed by atoms with Crippen molar-refractivity contribution in [3.05, 3.63) is 92.4 Å². The number of carbonyl (C=O) groups excluding carboxylic acids is 3. The Bertz CT molecular complexity index is 1680. The van der Waals surface area contributed by atoms with Gasteiger partial charge in [-0.2, -0.15) is 0 Å². The van der Waals surface area contributed by atoms with E-state index >= 15 is 0 Å². The minimum Gasteiger partial charge on any atom is -0.481 e. The summed E-state index contributed by atoms with van der Waals surface area (Å²) in [6, 6.07) is 12.4. The fraction of sp³-hybridized carbons (Fsp3) is 0.406. The number of rotatable bonds is 7. The highest BCUT2D eigenvalue weighted by atomic mass is 35.5. The van der Waals surface area contributed by atoms with Crippen LogP contribution < -0.4 is 20.9 Å². The number of carbonyl (C=O) groups is 3. The van der Waals surface area contributed by atoms with E-state index in [9.17, 15) is 28.0 Å². The number of fused-ring (bicyclic) bond motifs is 4. The SMILES string of the molecule is O=C(N[C@]12CC[C@H](CCn3c1nc(C(=O)NCc1ccc(F)cc1)c(OCc1ccc(Cl)cc1)c3=O)C2)C(=O)N1CC[C@@H](F)C1. The highest BCUT2D eigenvalue weighted by Gasteiger charge is 2.49. The van der Waals surface area contributed by atoms with Gasteiger partial charge >= 0.3 is 11.8 Å². The lowest BCUT2D eigenvalue weighted by Crippen LogP contribution is -2.53. The van der Waals surface area contributed by atoms with Gasteiger partial charge in [-0.3, -0.25) is 23.7 Å². The lowest BCUT2D eigenvalue weighted by molar-refractivity contribution is -0.146. The van der Waals surface area contributed by atoms with Crippen LogP contribution in [0.15, 0.2) is 53.3 Å². The first-order valence-corrected chi connectivity index (χ1v) is 15.3. The molecular formula is C32H32ClF2N5O5. The van der Waals surface area contributed by atoms with Gasteiger partial charge in [0.15, 0.2) is 5.69 Å². The van der Waals surface area contributed by atoms with E-state index < -0.39 is 40.8 Å². The van der Waals surface area contributed by atoms with Gasteiger partial charge in [-0.15, -0.1) is 0 Å². The molecule has 2 N–H and O–H groups in total. The van der Waals surface area contributed by atoms with Crippen LogP contribution in [0.2, 0.25) is 5.02 Å². The zero-order chi connectivity index (χ0) is 31.7. The summed E-state index contributed by atoms with van der Waals surface area (Å²) in [5.74, 6) is -2.82. The van der Waals surface area contributed by atoms with Crippen LogP contribution in [0.4, 0.5) is 8.78 Å². The number of aromatic nitrogens is 2. The Hall–Kier alpha value is -4.32. The van der Waals surface area contributed by atoms with Crippen molar-refractivity contribution in [3.8, 4) is 5.75 Å². The monoisotopic (exact) mass is 639 g/mol. The molecule has 236 valence electrons. The van der Waals surface area contributed by atoms with Gasteiger partial charge in [0.25, 0.3) is 11.5 Å². The molecule has 3 aliphatic rings. The van der Waals surface area contributed by atoms with Crippen molar-refractivity contribution in [1.29, 1.82) is 0 Å². The molecule has 1 saturated heterocycles. The topological polar surface area (TPSA) is 123 Å². The number of likely N-dealkylation sites (tertiary alicyclic amines) is 1. The van der Waals surface area contributed by atoms with Crippen LogP contribution in [0.25, 0.3) is 0 Å². The zero-order valence-corrected chi connectivity index (χ0v) is 25.1. The summed E-state index contributed by atoms with van der Waals surface area (Å²) in [6.07, 6.45) is 1.16. The predicted molar refractivity (Wildman–Crippen MR) is 160 cm³/mol. The standard InChI is InChI=1S/C32H32ClF2N5O5/c33-22-5-1-21(2-6-22)18-45-26-25(27(41)36-16-20-3-7-23(34)8-4-20)37-31-32(12-9-19(15-32)10-14-40(31)29(26)43)38-28(42)30(44)39-13-11-24(35)17-39/h1-8,19,24H,9-18H2,(H,36,41)(H,38,42)/t19-,24-,32+/m1/s1. The van der Waals surface area contributed by atoms with Crippen molar-refractivity contribution in [1.82, 2.24) is 25.1 Å². The van der Waals surface area contributed by atoms with Gasteiger partial charge in [0.05, 0.1) is 12.1 Å². The van der Waals surface area contributed by atoms with E-state index in [1.165, 1.54) is 33.7 Å². The predicted octanol–water partition coefficient (Wildman–Crippen LogP) is 3.63. The van der Waals surface area contributed by atoms with E-state index in [4.69, 9.17) is 21.3 Å². The lowest BCUT2D eigenvalue weighted by Gasteiger charge is -2.32. The second-order valence-corrected chi connectivity index (χ2v) is 12.3. The van der Waals surface area contributed by atoms with Crippen molar-refractivity contribution in [3.63, 3.8) is 0 Å². The average Bonchev–Trinajstić information content (AvgIpc) is 3.61. The molecule has 0 spiro atoms. The van der Waals surface area contributed by atoms with Crippen molar-refractivity contribution < 1.29 is 27.9 Å². The van der Waals surface area contributed by atoms with Crippen LogP contribution in [-0.2, 0) is 34.8 Å². The molecule has 1 aliphatic carbocycles. The lowest BCUT2D eigenvalue weighted by atomic mass is 9.94. The minimum absolute atomic E-state index is 0.0275. The Kier molecular flexibility index (Phi) is 8.59. The third-order valence-corrected chi connectivity index (χ3v) is 9.03. The number of nitrogens with one attached hydrogen (secondary N) is 2. The Labute approximate surface area is 262 Å². The van der Waals surface area contributed by atoms with Crippen LogP contribution in [0.5, 0.6) is 5.75 Å². The summed E-state index contributed by atoms with van der Waals surface area (Å²) in [5, 5.41) is 6.12. The number of amides is 3. The molecule has 2 aromatic carbocycles. The Morgan fingerprint density at radius 3 is 2.47 bits per heavy atom. The second-order valence-electron chi connectivity index (χ2n) is 11.9. The molecule has 3 amide bonds. The average molecular weight is 640 g/mol. The first-order chi connectivity index (χ1) is 21.6. The Balaban J connectivity index is 1.36. The van der Waals surface area contributed by atoms with Gasteiger partial charge in [0, 0.05) is 24.7 Å². The van der Waals surface area contributed by atoms with E-state index in [1.54, 1.807) is 24.3 Å². The minimum atomic E-state index is -1.19. The van der Waals surface area contributed by atoms with Crippen LogP contribution in [0.3, 0.4) is 0 Å². The summed E-state index contributed by atoms with van der Waals surface area (Å²) in [6.45, 7) is 0.254. The molecule has 10 nitrogen and oxygen atoms in total. The molecule has 0 radical (unpaired) electrons. The van der Waals surface area contributed by atoms with Crippen molar-refractivity contribution >= 4 is 29.3 Å². The third kappa shape index (κ3) is 6.42. The number of ether oxygens (including phenoxy) is 1. The third-order valence-electron chi connectivity index (χ3n) is 8.78. The van der Waals surface area contributed by atoms with Gasteiger partial charge in [-0.05, 0) is 73.4 Å². The first kappa shape index (κ1) is 30.7. The Morgan fingerprint density at radius 1 is 1.02 bits per heavy atom. The number of alkyl halides is 1. The normalized spacial score (nSPS) is 22.0. The van der Waals surface area contributed by atoms with Gasteiger partial charge in [0.1, 0.15) is 24.4 Å². The molecule has 3 aromatic rings. The van der Waals surface area contributed by atoms with E-state index in [2.05, 4.69) is 10.6 Å². The quantitative estimate of drug-likeness (QED) is 0.381. The summed E-state index contributed by atoms with van der Waals surface area (Å²) in [4.78, 5) is 59.9. The maximum absolute atomic E-state index is 14.1. The van der Waals surface area contributed by atoms with E-state index in [0.29, 0.717) is 35.4 Å². The highest BCUT2D eigenvalue weighted by molar-refractivity contribution is 6.35. The molecule has 45 heavy (non-hydrogen) atoms. The molecule has 2 fully saturated rings. The largest absolute Gasteiger partial charge is 0.481 e. The van der Waals surface area contributed by atoms with Crippen LogP contribution in [-0.4, -0.2) is 51.4 Å². The second kappa shape index (κ2) is 12.6. The molecule has 1 saturated carbocycles. The molecule has 3 heterocycles. The fourth-order valence-electron chi connectivity index (χ4n) is 6.39. The number of hydrogen-bond acceptors (Lipinski definition) is 6. The summed E-state index contributed by atoms with van der Waals surface area (Å²) in [5.41, 5.74) is -0.725. The van der Waals surface area contributed by atoms with Gasteiger partial charge in [-0.25, -0.2) is 13.8 Å². The number of halogens is 3. The van der Waals surface area contributed by atoms with E-state index in [0.717, 1.165) is 6.42 Å². The van der Waals surface area contributed by atoms with Crippen LogP contribution in [0.1, 0.15) is 59.5 Å². The Morgan fingerprint density at radius 2 is 1.76 bits per heavy atom. The van der Waals surface area contributed by atoms with Crippen molar-refractivity contribution in [2.75, 3.05) is 13.1 Å². The van der Waals surface area contributed by atoms with Gasteiger partial charge < -0.3 is 20.3 Å². The highest BCUT2D eigenvalue weighted by Crippen LogP contribution is 2.45. The van der Waals surface area contributed by atoms with Gasteiger partial charge in [-0.1, -0.05) is 35.9 Å². The van der Waals surface area contributed by atoms with Crippen LogP contribution >= 0.6 is 11.6 Å². The summed E-state index contributed by atoms with van der Waals surface area (Å²) >= 11 is 6.00. The van der Waals surface area contributed by atoms with Gasteiger partial charge in [0.2, 0.25) is 5.75 Å². The number of nitrogens with zero attached hydrogens (tertiary/aromatic N) is 3.